The van der Waals surface area contributed by atoms with Crippen LogP contribution in [0.25, 0.3) is 0 Å². The van der Waals surface area contributed by atoms with Crippen molar-refractivity contribution in [1.82, 2.24) is 0 Å². The van der Waals surface area contributed by atoms with E-state index in [1.165, 1.54) is 0 Å². The van der Waals surface area contributed by atoms with E-state index in [9.17, 15) is 0 Å². The van der Waals surface area contributed by atoms with Gasteiger partial charge in [0.15, 0.2) is 12.6 Å². The maximum Gasteiger partial charge on any atom is 0.180 e. The zero-order chi connectivity index (χ0) is 14.3. The van der Waals surface area contributed by atoms with Crippen molar-refractivity contribution < 1.29 is 33.2 Å². The highest BCUT2D eigenvalue weighted by molar-refractivity contribution is 4.42. The van der Waals surface area contributed by atoms with Gasteiger partial charge in [0.05, 0.1) is 39.6 Å². The second kappa shape index (κ2) is 14.1. The third-order valence-corrected chi connectivity index (χ3v) is 2.19. The van der Waals surface area contributed by atoms with E-state index in [0.717, 1.165) is 0 Å². The third-order valence-electron chi connectivity index (χ3n) is 2.19. The van der Waals surface area contributed by atoms with E-state index in [4.69, 9.17) is 33.2 Å². The number of hydrogen-bond acceptors (Lipinski definition) is 7. The first-order valence-electron chi connectivity index (χ1n) is 6.12. The molecule has 0 aromatic rings. The van der Waals surface area contributed by atoms with Crippen LogP contribution in [0.3, 0.4) is 0 Å². The molecule has 0 N–H and O–H groups in total. The van der Waals surface area contributed by atoms with Crippen LogP contribution >= 0.6 is 0 Å². The smallest absolute Gasteiger partial charge is 0.180 e. The van der Waals surface area contributed by atoms with Crippen LogP contribution in [-0.4, -0.2) is 80.7 Å². The van der Waals surface area contributed by atoms with Crippen LogP contribution in [0.1, 0.15) is 0 Å². The first kappa shape index (κ1) is 18.7. The number of rotatable bonds is 14. The Morgan fingerprint density at radius 1 is 0.632 bits per heavy atom. The zero-order valence-corrected chi connectivity index (χ0v) is 12.3. The summed E-state index contributed by atoms with van der Waals surface area (Å²) in [7, 11) is 6.32. The van der Waals surface area contributed by atoms with Crippen LogP contribution in [-0.2, 0) is 33.2 Å². The van der Waals surface area contributed by atoms with Gasteiger partial charge in [-0.3, -0.25) is 0 Å². The molecule has 0 aromatic carbocycles. The van der Waals surface area contributed by atoms with E-state index in [0.29, 0.717) is 39.6 Å². The lowest BCUT2D eigenvalue weighted by molar-refractivity contribution is -0.169. The summed E-state index contributed by atoms with van der Waals surface area (Å²) in [5, 5.41) is 0. The Morgan fingerprint density at radius 2 is 1.05 bits per heavy atom. The fourth-order valence-electron chi connectivity index (χ4n) is 1.22. The van der Waals surface area contributed by atoms with Gasteiger partial charge < -0.3 is 33.2 Å². The fourth-order valence-corrected chi connectivity index (χ4v) is 1.22. The molecule has 0 bridgehead atoms. The molecule has 0 aliphatic rings. The molecule has 116 valence electrons. The van der Waals surface area contributed by atoms with Gasteiger partial charge in [-0.05, 0) is 0 Å². The molecule has 0 rings (SSSR count). The summed E-state index contributed by atoms with van der Waals surface area (Å²) in [4.78, 5) is 0. The highest BCUT2D eigenvalue weighted by Gasteiger charge is 2.07. The third kappa shape index (κ3) is 11.3. The van der Waals surface area contributed by atoms with Crippen molar-refractivity contribution in [3.63, 3.8) is 0 Å². The van der Waals surface area contributed by atoms with E-state index >= 15 is 0 Å². The summed E-state index contributed by atoms with van der Waals surface area (Å²) in [6.45, 7) is 2.60. The zero-order valence-electron chi connectivity index (χ0n) is 12.3. The molecule has 2 unspecified atom stereocenters. The van der Waals surface area contributed by atoms with E-state index < -0.39 is 0 Å². The molecule has 0 aliphatic carbocycles. The molecule has 0 fully saturated rings. The van der Waals surface area contributed by atoms with Crippen LogP contribution in [0, 0.1) is 0 Å². The summed E-state index contributed by atoms with van der Waals surface area (Å²) in [5.41, 5.74) is 0. The molecule has 2 atom stereocenters. The Balaban J connectivity index is 3.34. The van der Waals surface area contributed by atoms with Crippen molar-refractivity contribution in [2.24, 2.45) is 0 Å². The van der Waals surface area contributed by atoms with Gasteiger partial charge in [-0.15, -0.1) is 0 Å². The van der Waals surface area contributed by atoms with Crippen LogP contribution < -0.4 is 0 Å². The summed E-state index contributed by atoms with van der Waals surface area (Å²) in [5.74, 6) is 0. The predicted molar refractivity (Wildman–Crippen MR) is 68.1 cm³/mol. The highest BCUT2D eigenvalue weighted by atomic mass is 16.7. The van der Waals surface area contributed by atoms with Crippen LogP contribution in [0.5, 0.6) is 0 Å². The van der Waals surface area contributed by atoms with E-state index in [1.807, 2.05) is 0 Å². The van der Waals surface area contributed by atoms with Gasteiger partial charge in [0, 0.05) is 28.4 Å². The molecule has 0 radical (unpaired) electrons. The fraction of sp³-hybridized carbons (Fsp3) is 1.00. The molecule has 0 heterocycles. The van der Waals surface area contributed by atoms with Crippen molar-refractivity contribution in [2.45, 2.75) is 12.6 Å². The molecule has 0 aliphatic heterocycles. The molecule has 0 amide bonds. The minimum absolute atomic E-state index is 0.357. The van der Waals surface area contributed by atoms with Crippen molar-refractivity contribution in [3.05, 3.63) is 0 Å². The molecule has 0 spiro atoms. The van der Waals surface area contributed by atoms with Gasteiger partial charge in [-0.1, -0.05) is 0 Å². The maximum atomic E-state index is 5.36. The Kier molecular flexibility index (Phi) is 13.9. The summed E-state index contributed by atoms with van der Waals surface area (Å²) < 4.78 is 36.0. The van der Waals surface area contributed by atoms with Gasteiger partial charge in [-0.25, -0.2) is 0 Å². The lowest BCUT2D eigenvalue weighted by Gasteiger charge is -2.16. The molecule has 0 aromatic heterocycles. The number of hydrogen-bond donors (Lipinski definition) is 0. The standard InChI is InChI=1S/C12H26O7/c1-13-9-11(15-3)18-7-5-17-6-8-19-12(16-4)10-14-2/h11-12H,5-10H2,1-4H3. The Morgan fingerprint density at radius 3 is 1.37 bits per heavy atom. The maximum absolute atomic E-state index is 5.36. The average molecular weight is 282 g/mol. The molecule has 7 heteroatoms. The quantitative estimate of drug-likeness (QED) is 0.335. The van der Waals surface area contributed by atoms with Crippen LogP contribution in [0.4, 0.5) is 0 Å². The highest BCUT2D eigenvalue weighted by Crippen LogP contribution is 1.95. The Bertz CT molecular complexity index is 161. The Labute approximate surface area is 115 Å². The SMILES string of the molecule is COCC(OC)OCCOCCOC(COC)OC. The summed E-state index contributed by atoms with van der Waals surface area (Å²) >= 11 is 0. The normalized spacial score (nSPS) is 14.5. The molecule has 0 saturated carbocycles. The van der Waals surface area contributed by atoms with Gasteiger partial charge in [0.25, 0.3) is 0 Å². The van der Waals surface area contributed by atoms with Crippen molar-refractivity contribution in [3.8, 4) is 0 Å². The second-order valence-electron chi connectivity index (χ2n) is 3.60. The first-order chi connectivity index (χ1) is 9.28. The number of ether oxygens (including phenoxy) is 7. The predicted octanol–water partition coefficient (Wildman–Crippen LogP) is 0.274. The van der Waals surface area contributed by atoms with E-state index in [2.05, 4.69) is 0 Å². The Hall–Kier alpha value is -0.280. The molecular weight excluding hydrogens is 256 g/mol. The monoisotopic (exact) mass is 282 g/mol. The van der Waals surface area contributed by atoms with Crippen LogP contribution in [0.15, 0.2) is 0 Å². The van der Waals surface area contributed by atoms with Crippen molar-refractivity contribution in [1.29, 1.82) is 0 Å². The molecule has 0 saturated heterocycles. The van der Waals surface area contributed by atoms with Gasteiger partial charge in [-0.2, -0.15) is 0 Å². The van der Waals surface area contributed by atoms with Crippen LogP contribution in [0.2, 0.25) is 0 Å². The molecule has 19 heavy (non-hydrogen) atoms. The second-order valence-corrected chi connectivity index (χ2v) is 3.60. The molecular formula is C12H26O7. The lowest BCUT2D eigenvalue weighted by atomic mass is 10.6. The topological polar surface area (TPSA) is 64.6 Å². The minimum atomic E-state index is -0.357. The lowest BCUT2D eigenvalue weighted by Crippen LogP contribution is -2.25. The summed E-state index contributed by atoms with van der Waals surface area (Å²) in [6, 6.07) is 0. The van der Waals surface area contributed by atoms with Gasteiger partial charge in [0.2, 0.25) is 0 Å². The number of methoxy groups -OCH3 is 4. The van der Waals surface area contributed by atoms with E-state index in [-0.39, 0.29) is 12.6 Å². The summed E-state index contributed by atoms with van der Waals surface area (Å²) in [6.07, 6.45) is -0.714. The minimum Gasteiger partial charge on any atom is -0.379 e. The van der Waals surface area contributed by atoms with E-state index in [1.54, 1.807) is 28.4 Å². The first-order valence-corrected chi connectivity index (χ1v) is 6.12. The van der Waals surface area contributed by atoms with Crippen molar-refractivity contribution in [2.75, 3.05) is 68.1 Å². The van der Waals surface area contributed by atoms with Crippen molar-refractivity contribution >= 4 is 0 Å². The largest absolute Gasteiger partial charge is 0.379 e. The molecule has 7 nitrogen and oxygen atoms in total. The van der Waals surface area contributed by atoms with Gasteiger partial charge >= 0.3 is 0 Å². The van der Waals surface area contributed by atoms with Gasteiger partial charge in [0.1, 0.15) is 0 Å². The average Bonchev–Trinajstić information content (AvgIpc) is 2.43.